The van der Waals surface area contributed by atoms with E-state index in [1.54, 1.807) is 24.5 Å². The van der Waals surface area contributed by atoms with E-state index in [9.17, 15) is 0 Å². The normalized spacial score (nSPS) is 10.6. The highest BCUT2D eigenvalue weighted by atomic mass is 35.5. The standard InChI is InChI=1S/C15H12ClN3O2S/c16-12-1-3-13(4-2-12)20-9-10-22-15-19-18-14(21-15)11-5-7-17-8-6-11/h1-8H,9-10H2. The zero-order valence-corrected chi connectivity index (χ0v) is 13.0. The lowest BCUT2D eigenvalue weighted by molar-refractivity contribution is 0.343. The summed E-state index contributed by atoms with van der Waals surface area (Å²) in [6.07, 6.45) is 3.37. The van der Waals surface area contributed by atoms with Crippen LogP contribution in [-0.4, -0.2) is 27.5 Å². The Morgan fingerprint density at radius 2 is 1.82 bits per heavy atom. The first-order valence-corrected chi connectivity index (χ1v) is 7.93. The average molecular weight is 334 g/mol. The van der Waals surface area contributed by atoms with Gasteiger partial charge in [-0.15, -0.1) is 10.2 Å². The van der Waals surface area contributed by atoms with E-state index in [0.29, 0.717) is 28.5 Å². The molecule has 0 spiro atoms. The largest absolute Gasteiger partial charge is 0.493 e. The molecule has 1 aromatic carbocycles. The molecule has 0 atom stereocenters. The van der Waals surface area contributed by atoms with Crippen molar-refractivity contribution in [1.82, 2.24) is 15.2 Å². The summed E-state index contributed by atoms with van der Waals surface area (Å²) in [4.78, 5) is 3.95. The summed E-state index contributed by atoms with van der Waals surface area (Å²) in [5.41, 5.74) is 0.853. The molecule has 7 heteroatoms. The highest BCUT2D eigenvalue weighted by Gasteiger charge is 2.08. The Balaban J connectivity index is 1.48. The second kappa shape index (κ2) is 7.29. The second-order valence-electron chi connectivity index (χ2n) is 4.26. The Bertz CT molecular complexity index is 719. The fraction of sp³-hybridized carbons (Fsp3) is 0.133. The van der Waals surface area contributed by atoms with Gasteiger partial charge in [-0.25, -0.2) is 0 Å². The predicted octanol–water partition coefficient (Wildman–Crippen LogP) is 3.96. The Morgan fingerprint density at radius 3 is 2.59 bits per heavy atom. The molecule has 0 fully saturated rings. The molecular weight excluding hydrogens is 322 g/mol. The molecule has 22 heavy (non-hydrogen) atoms. The average Bonchev–Trinajstić information content (AvgIpc) is 3.03. The maximum absolute atomic E-state index is 5.81. The lowest BCUT2D eigenvalue weighted by Crippen LogP contribution is -1.99. The third-order valence-electron chi connectivity index (χ3n) is 2.72. The first-order valence-electron chi connectivity index (χ1n) is 6.56. The number of hydrogen-bond acceptors (Lipinski definition) is 6. The highest BCUT2D eigenvalue weighted by Crippen LogP contribution is 2.22. The van der Waals surface area contributed by atoms with Gasteiger partial charge in [-0.1, -0.05) is 23.4 Å². The first kappa shape index (κ1) is 14.9. The van der Waals surface area contributed by atoms with Crippen LogP contribution < -0.4 is 4.74 Å². The van der Waals surface area contributed by atoms with Crippen LogP contribution in [0.4, 0.5) is 0 Å². The molecular formula is C15H12ClN3O2S. The van der Waals surface area contributed by atoms with E-state index >= 15 is 0 Å². The zero-order valence-electron chi connectivity index (χ0n) is 11.5. The third kappa shape index (κ3) is 3.99. The molecule has 0 aliphatic carbocycles. The van der Waals surface area contributed by atoms with E-state index in [2.05, 4.69) is 15.2 Å². The summed E-state index contributed by atoms with van der Waals surface area (Å²) in [5.74, 6) is 1.98. The Labute approximate surface area is 136 Å². The van der Waals surface area contributed by atoms with Crippen LogP contribution in [0.2, 0.25) is 5.02 Å². The van der Waals surface area contributed by atoms with Crippen molar-refractivity contribution in [2.45, 2.75) is 5.22 Å². The van der Waals surface area contributed by atoms with Gasteiger partial charge in [0, 0.05) is 28.7 Å². The smallest absolute Gasteiger partial charge is 0.276 e. The van der Waals surface area contributed by atoms with Gasteiger partial charge in [0.15, 0.2) is 0 Å². The van der Waals surface area contributed by atoms with Crippen LogP contribution in [0.3, 0.4) is 0 Å². The number of thioether (sulfide) groups is 1. The Morgan fingerprint density at radius 1 is 1.05 bits per heavy atom. The highest BCUT2D eigenvalue weighted by molar-refractivity contribution is 7.99. The van der Waals surface area contributed by atoms with Crippen LogP contribution in [0.1, 0.15) is 0 Å². The van der Waals surface area contributed by atoms with Crippen LogP contribution in [-0.2, 0) is 0 Å². The molecule has 0 radical (unpaired) electrons. The van der Waals surface area contributed by atoms with Crippen molar-refractivity contribution in [2.24, 2.45) is 0 Å². The second-order valence-corrected chi connectivity index (χ2v) is 5.74. The van der Waals surface area contributed by atoms with E-state index in [4.69, 9.17) is 20.8 Å². The van der Waals surface area contributed by atoms with Gasteiger partial charge in [0.2, 0.25) is 5.89 Å². The van der Waals surface area contributed by atoms with Crippen molar-refractivity contribution in [3.63, 3.8) is 0 Å². The van der Waals surface area contributed by atoms with Crippen LogP contribution in [0.25, 0.3) is 11.5 Å². The molecule has 0 aliphatic heterocycles. The molecule has 3 rings (SSSR count). The van der Waals surface area contributed by atoms with Crippen molar-refractivity contribution in [2.75, 3.05) is 12.4 Å². The first-order chi connectivity index (χ1) is 10.8. The van der Waals surface area contributed by atoms with Crippen LogP contribution in [0, 0.1) is 0 Å². The van der Waals surface area contributed by atoms with Gasteiger partial charge in [0.05, 0.1) is 6.61 Å². The third-order valence-corrected chi connectivity index (χ3v) is 3.76. The summed E-state index contributed by atoms with van der Waals surface area (Å²) < 4.78 is 11.2. The molecule has 0 bridgehead atoms. The number of ether oxygens (including phenoxy) is 1. The van der Waals surface area contributed by atoms with Gasteiger partial charge in [-0.05, 0) is 36.4 Å². The number of hydrogen-bond donors (Lipinski definition) is 0. The number of nitrogens with zero attached hydrogens (tertiary/aromatic N) is 3. The van der Waals surface area contributed by atoms with E-state index in [1.807, 2.05) is 24.3 Å². The van der Waals surface area contributed by atoms with Crippen molar-refractivity contribution in [1.29, 1.82) is 0 Å². The fourth-order valence-electron chi connectivity index (χ4n) is 1.70. The van der Waals surface area contributed by atoms with Gasteiger partial charge < -0.3 is 9.15 Å². The lowest BCUT2D eigenvalue weighted by atomic mass is 10.3. The quantitative estimate of drug-likeness (QED) is 0.502. The molecule has 0 aliphatic rings. The van der Waals surface area contributed by atoms with Gasteiger partial charge in [-0.2, -0.15) is 0 Å². The minimum atomic E-state index is 0.489. The number of benzene rings is 1. The minimum absolute atomic E-state index is 0.489. The van der Waals surface area contributed by atoms with E-state index in [1.165, 1.54) is 11.8 Å². The number of halogens is 1. The number of rotatable bonds is 6. The summed E-state index contributed by atoms with van der Waals surface area (Å²) in [5, 5.41) is 9.22. The van der Waals surface area contributed by atoms with Gasteiger partial charge in [-0.3, -0.25) is 4.98 Å². The van der Waals surface area contributed by atoms with Gasteiger partial charge in [0.1, 0.15) is 5.75 Å². The van der Waals surface area contributed by atoms with Gasteiger partial charge >= 0.3 is 0 Å². The summed E-state index contributed by atoms with van der Waals surface area (Å²) in [6.45, 7) is 0.541. The van der Waals surface area contributed by atoms with E-state index < -0.39 is 0 Å². The molecule has 112 valence electrons. The molecule has 3 aromatic rings. The SMILES string of the molecule is Clc1ccc(OCCSc2nnc(-c3ccncc3)o2)cc1. The summed E-state index contributed by atoms with van der Waals surface area (Å²) in [7, 11) is 0. The number of aromatic nitrogens is 3. The van der Waals surface area contributed by atoms with Gasteiger partial charge in [0.25, 0.3) is 5.22 Å². The molecule has 0 amide bonds. The van der Waals surface area contributed by atoms with Crippen molar-refractivity contribution < 1.29 is 9.15 Å². The predicted molar refractivity (Wildman–Crippen MR) is 85.2 cm³/mol. The van der Waals surface area contributed by atoms with Crippen molar-refractivity contribution in [3.8, 4) is 17.2 Å². The summed E-state index contributed by atoms with van der Waals surface area (Å²) in [6, 6.07) is 10.9. The fourth-order valence-corrected chi connectivity index (χ4v) is 2.40. The molecule has 5 nitrogen and oxygen atoms in total. The van der Waals surface area contributed by atoms with E-state index in [-0.39, 0.29) is 0 Å². The molecule has 0 unspecified atom stereocenters. The Hall–Kier alpha value is -2.05. The topological polar surface area (TPSA) is 61.0 Å². The van der Waals surface area contributed by atoms with Crippen molar-refractivity contribution >= 4 is 23.4 Å². The van der Waals surface area contributed by atoms with Crippen molar-refractivity contribution in [3.05, 3.63) is 53.8 Å². The monoisotopic (exact) mass is 333 g/mol. The van der Waals surface area contributed by atoms with E-state index in [0.717, 1.165) is 11.3 Å². The number of pyridine rings is 1. The maximum atomic E-state index is 5.81. The molecule has 2 heterocycles. The zero-order chi connectivity index (χ0) is 15.2. The Kier molecular flexibility index (Phi) is 4.92. The summed E-state index contributed by atoms with van der Waals surface area (Å²) >= 11 is 7.27. The molecule has 0 saturated heterocycles. The molecule has 2 aromatic heterocycles. The molecule has 0 saturated carbocycles. The maximum Gasteiger partial charge on any atom is 0.276 e. The lowest BCUT2D eigenvalue weighted by Gasteiger charge is -2.04. The van der Waals surface area contributed by atoms with Crippen LogP contribution >= 0.6 is 23.4 Å². The van der Waals surface area contributed by atoms with Crippen LogP contribution in [0.15, 0.2) is 58.4 Å². The van der Waals surface area contributed by atoms with Crippen LogP contribution in [0.5, 0.6) is 5.75 Å². The molecule has 0 N–H and O–H groups in total. The minimum Gasteiger partial charge on any atom is -0.493 e.